The van der Waals surface area contributed by atoms with Crippen molar-refractivity contribution in [2.75, 3.05) is 91.6 Å². The van der Waals surface area contributed by atoms with Gasteiger partial charge < -0.3 is 38.9 Å². The standard InChI is InChI=1S/C34H63NO7/c1-2-3-4-5-6-7-8-9-10-11-12-13-14-17-20-36-21-22-37-23-24-38-25-26-39-27-28-40-29-30-41-31-32-42-34-19-16-15-18-33(34)35/h15-16,18-19H,2-14,17,20-32,35H2,1H3. The maximum absolute atomic E-state index is 5.82. The van der Waals surface area contributed by atoms with Gasteiger partial charge >= 0.3 is 0 Å². The summed E-state index contributed by atoms with van der Waals surface area (Å²) >= 11 is 0. The molecule has 0 unspecified atom stereocenters. The molecule has 0 aromatic heterocycles. The Morgan fingerprint density at radius 3 is 1.14 bits per heavy atom. The molecule has 0 aliphatic heterocycles. The Balaban J connectivity index is 1.63. The van der Waals surface area contributed by atoms with Crippen molar-refractivity contribution < 1.29 is 33.2 Å². The molecule has 8 heteroatoms. The van der Waals surface area contributed by atoms with Crippen molar-refractivity contribution >= 4 is 5.69 Å². The molecule has 0 fully saturated rings. The van der Waals surface area contributed by atoms with Crippen LogP contribution >= 0.6 is 0 Å². The van der Waals surface area contributed by atoms with E-state index in [1.54, 1.807) is 0 Å². The van der Waals surface area contributed by atoms with Gasteiger partial charge in [0.05, 0.1) is 78.4 Å². The van der Waals surface area contributed by atoms with Gasteiger partial charge in [-0.2, -0.15) is 0 Å². The van der Waals surface area contributed by atoms with E-state index in [9.17, 15) is 0 Å². The Labute approximate surface area is 257 Å². The molecule has 8 nitrogen and oxygen atoms in total. The van der Waals surface area contributed by atoms with E-state index in [4.69, 9.17) is 38.9 Å². The Bertz CT molecular complexity index is 665. The zero-order valence-electron chi connectivity index (χ0n) is 26.8. The molecular formula is C34H63NO7. The van der Waals surface area contributed by atoms with Crippen LogP contribution in [0, 0.1) is 0 Å². The van der Waals surface area contributed by atoms with E-state index in [2.05, 4.69) is 6.92 Å². The van der Waals surface area contributed by atoms with Gasteiger partial charge in [-0.15, -0.1) is 0 Å². The molecule has 0 heterocycles. The zero-order valence-corrected chi connectivity index (χ0v) is 26.8. The van der Waals surface area contributed by atoms with Gasteiger partial charge in [-0.25, -0.2) is 0 Å². The molecule has 1 rings (SSSR count). The first-order valence-corrected chi connectivity index (χ1v) is 16.8. The van der Waals surface area contributed by atoms with Gasteiger partial charge in [-0.05, 0) is 18.6 Å². The van der Waals surface area contributed by atoms with Gasteiger partial charge in [-0.1, -0.05) is 103 Å². The summed E-state index contributed by atoms with van der Waals surface area (Å²) in [6, 6.07) is 7.42. The lowest BCUT2D eigenvalue weighted by atomic mass is 10.0. The van der Waals surface area contributed by atoms with Crippen LogP contribution in [0.4, 0.5) is 5.69 Å². The first kappa shape index (κ1) is 38.6. The molecule has 1 aromatic carbocycles. The molecule has 42 heavy (non-hydrogen) atoms. The second-order valence-electron chi connectivity index (χ2n) is 10.7. The molecule has 0 radical (unpaired) electrons. The van der Waals surface area contributed by atoms with Crippen LogP contribution in [0.25, 0.3) is 0 Å². The molecule has 0 aliphatic carbocycles. The van der Waals surface area contributed by atoms with Gasteiger partial charge in [0.1, 0.15) is 12.4 Å². The quantitative estimate of drug-likeness (QED) is 0.0657. The number of hydrogen-bond donors (Lipinski definition) is 1. The fraction of sp³-hybridized carbons (Fsp3) is 0.824. The van der Waals surface area contributed by atoms with Crippen LogP contribution in [0.3, 0.4) is 0 Å². The third-order valence-electron chi connectivity index (χ3n) is 6.91. The van der Waals surface area contributed by atoms with Crippen molar-refractivity contribution in [1.29, 1.82) is 0 Å². The van der Waals surface area contributed by atoms with Gasteiger partial charge in [-0.3, -0.25) is 0 Å². The topological polar surface area (TPSA) is 90.6 Å². The van der Waals surface area contributed by atoms with Gasteiger partial charge in [0.25, 0.3) is 0 Å². The first-order chi connectivity index (χ1) is 20.8. The van der Waals surface area contributed by atoms with Crippen molar-refractivity contribution in [2.45, 2.75) is 96.8 Å². The fourth-order valence-corrected chi connectivity index (χ4v) is 4.42. The third kappa shape index (κ3) is 27.4. The smallest absolute Gasteiger partial charge is 0.142 e. The summed E-state index contributed by atoms with van der Waals surface area (Å²) in [6.45, 7) is 9.68. The second-order valence-corrected chi connectivity index (χ2v) is 10.7. The first-order valence-electron chi connectivity index (χ1n) is 16.8. The van der Waals surface area contributed by atoms with E-state index < -0.39 is 0 Å². The lowest BCUT2D eigenvalue weighted by molar-refractivity contribution is -0.0179. The van der Waals surface area contributed by atoms with Crippen molar-refractivity contribution in [2.24, 2.45) is 0 Å². The average molecular weight is 598 g/mol. The molecule has 0 atom stereocenters. The number of rotatable bonds is 34. The van der Waals surface area contributed by atoms with Crippen LogP contribution in [0.15, 0.2) is 24.3 Å². The summed E-state index contributed by atoms with van der Waals surface area (Å²) in [5.41, 5.74) is 6.45. The molecule has 0 spiro atoms. The van der Waals surface area contributed by atoms with E-state index in [-0.39, 0.29) is 0 Å². The highest BCUT2D eigenvalue weighted by Crippen LogP contribution is 2.19. The highest BCUT2D eigenvalue weighted by Gasteiger charge is 1.99. The van der Waals surface area contributed by atoms with Crippen molar-refractivity contribution in [3.05, 3.63) is 24.3 Å². The molecule has 0 aliphatic rings. The molecule has 2 N–H and O–H groups in total. The highest BCUT2D eigenvalue weighted by atomic mass is 16.6. The number of nitrogen functional groups attached to an aromatic ring is 1. The van der Waals surface area contributed by atoms with E-state index in [1.165, 1.54) is 83.5 Å². The average Bonchev–Trinajstić information content (AvgIpc) is 3.00. The number of hydrogen-bond acceptors (Lipinski definition) is 8. The van der Waals surface area contributed by atoms with Gasteiger partial charge in [0, 0.05) is 6.61 Å². The SMILES string of the molecule is CCCCCCCCCCCCCCCCOCCOCCOCCOCCOCCOCCOc1ccccc1N. The van der Waals surface area contributed by atoms with Crippen LogP contribution in [0.5, 0.6) is 5.75 Å². The highest BCUT2D eigenvalue weighted by molar-refractivity contribution is 5.51. The minimum Gasteiger partial charge on any atom is -0.489 e. The minimum atomic E-state index is 0.454. The predicted molar refractivity (Wildman–Crippen MR) is 172 cm³/mol. The zero-order chi connectivity index (χ0) is 30.0. The number of nitrogens with two attached hydrogens (primary N) is 1. The Morgan fingerprint density at radius 2 is 0.738 bits per heavy atom. The minimum absolute atomic E-state index is 0.454. The molecule has 0 bridgehead atoms. The Kier molecular flexibility index (Phi) is 29.9. The lowest BCUT2D eigenvalue weighted by Gasteiger charge is -2.09. The van der Waals surface area contributed by atoms with Gasteiger partial charge in [0.2, 0.25) is 0 Å². The van der Waals surface area contributed by atoms with E-state index >= 15 is 0 Å². The van der Waals surface area contributed by atoms with Crippen molar-refractivity contribution in [1.82, 2.24) is 0 Å². The number of ether oxygens (including phenoxy) is 7. The summed E-state index contributed by atoms with van der Waals surface area (Å²) < 4.78 is 38.8. The number of para-hydroxylation sites is 2. The molecule has 0 amide bonds. The summed E-state index contributed by atoms with van der Waals surface area (Å²) in [5.74, 6) is 0.682. The Morgan fingerprint density at radius 1 is 0.405 bits per heavy atom. The van der Waals surface area contributed by atoms with Crippen LogP contribution in [0.1, 0.15) is 96.8 Å². The molecule has 0 saturated heterocycles. The number of unbranched alkanes of at least 4 members (excludes halogenated alkanes) is 13. The van der Waals surface area contributed by atoms with E-state index in [0.29, 0.717) is 90.7 Å². The third-order valence-corrected chi connectivity index (χ3v) is 6.91. The van der Waals surface area contributed by atoms with Crippen LogP contribution in [0.2, 0.25) is 0 Å². The summed E-state index contributed by atoms with van der Waals surface area (Å²) in [4.78, 5) is 0. The van der Waals surface area contributed by atoms with Crippen LogP contribution in [-0.4, -0.2) is 85.9 Å². The van der Waals surface area contributed by atoms with Crippen molar-refractivity contribution in [3.63, 3.8) is 0 Å². The van der Waals surface area contributed by atoms with Crippen LogP contribution < -0.4 is 10.5 Å². The summed E-state index contributed by atoms with van der Waals surface area (Å²) in [5, 5.41) is 0. The fourth-order valence-electron chi connectivity index (χ4n) is 4.42. The van der Waals surface area contributed by atoms with E-state index in [1.807, 2.05) is 24.3 Å². The second kappa shape index (κ2) is 32.5. The molecular weight excluding hydrogens is 534 g/mol. The van der Waals surface area contributed by atoms with Crippen molar-refractivity contribution in [3.8, 4) is 5.75 Å². The monoisotopic (exact) mass is 597 g/mol. The maximum Gasteiger partial charge on any atom is 0.142 e. The summed E-state index contributed by atoms with van der Waals surface area (Å²) in [7, 11) is 0. The molecule has 1 aromatic rings. The molecule has 0 saturated carbocycles. The number of benzene rings is 1. The lowest BCUT2D eigenvalue weighted by Crippen LogP contribution is -2.15. The Hall–Kier alpha value is -1.42. The maximum atomic E-state index is 5.82. The molecule has 246 valence electrons. The van der Waals surface area contributed by atoms with Crippen LogP contribution in [-0.2, 0) is 28.4 Å². The number of anilines is 1. The normalized spacial score (nSPS) is 11.4. The summed E-state index contributed by atoms with van der Waals surface area (Å²) in [6.07, 6.45) is 19.3. The predicted octanol–water partition coefficient (Wildman–Crippen LogP) is 7.23. The van der Waals surface area contributed by atoms with E-state index in [0.717, 1.165) is 13.0 Å². The van der Waals surface area contributed by atoms with Gasteiger partial charge in [0.15, 0.2) is 0 Å². The largest absolute Gasteiger partial charge is 0.489 e.